The van der Waals surface area contributed by atoms with Crippen molar-refractivity contribution in [1.29, 1.82) is 0 Å². The molecule has 1 aliphatic heterocycles. The van der Waals surface area contributed by atoms with Crippen LogP contribution in [0.25, 0.3) is 0 Å². The van der Waals surface area contributed by atoms with Gasteiger partial charge in [0, 0.05) is 13.1 Å². The SMILES string of the molecule is Cc1ccc(S(=O)(=O)N2Cc3c(C)c(O)c(Br)c(C)c3C2)cc1. The Balaban J connectivity index is 2.04. The van der Waals surface area contributed by atoms with Gasteiger partial charge < -0.3 is 5.11 Å². The first-order valence-corrected chi connectivity index (χ1v) is 9.53. The Morgan fingerprint density at radius 1 is 1.00 bits per heavy atom. The van der Waals surface area contributed by atoms with E-state index in [1.54, 1.807) is 24.3 Å². The highest BCUT2D eigenvalue weighted by Crippen LogP contribution is 2.41. The summed E-state index contributed by atoms with van der Waals surface area (Å²) in [5, 5.41) is 10.2. The zero-order chi connectivity index (χ0) is 16.9. The molecule has 4 nitrogen and oxygen atoms in total. The van der Waals surface area contributed by atoms with Crippen molar-refractivity contribution in [3.8, 4) is 5.75 Å². The molecular formula is C17H18BrNO3S. The maximum Gasteiger partial charge on any atom is 0.243 e. The summed E-state index contributed by atoms with van der Waals surface area (Å²) in [6, 6.07) is 6.88. The van der Waals surface area contributed by atoms with E-state index in [0.29, 0.717) is 22.5 Å². The maximum atomic E-state index is 12.9. The van der Waals surface area contributed by atoms with E-state index in [1.165, 1.54) is 4.31 Å². The van der Waals surface area contributed by atoms with Crippen LogP contribution in [0.4, 0.5) is 0 Å². The number of rotatable bonds is 2. The van der Waals surface area contributed by atoms with Crippen molar-refractivity contribution in [3.05, 3.63) is 56.6 Å². The van der Waals surface area contributed by atoms with Crippen molar-refractivity contribution in [3.63, 3.8) is 0 Å². The van der Waals surface area contributed by atoms with E-state index < -0.39 is 10.0 Å². The zero-order valence-corrected chi connectivity index (χ0v) is 15.6. The van der Waals surface area contributed by atoms with Gasteiger partial charge >= 0.3 is 0 Å². The molecule has 0 fully saturated rings. The number of nitrogens with zero attached hydrogens (tertiary/aromatic N) is 1. The normalized spacial score (nSPS) is 15.0. The van der Waals surface area contributed by atoms with Crippen LogP contribution in [0.2, 0.25) is 0 Å². The second-order valence-corrected chi connectivity index (χ2v) is 8.69. The van der Waals surface area contributed by atoms with Crippen LogP contribution in [0.3, 0.4) is 0 Å². The summed E-state index contributed by atoms with van der Waals surface area (Å²) >= 11 is 3.39. The Labute approximate surface area is 144 Å². The van der Waals surface area contributed by atoms with Crippen molar-refractivity contribution in [2.75, 3.05) is 0 Å². The molecule has 0 amide bonds. The molecule has 1 N–H and O–H groups in total. The first kappa shape index (κ1) is 16.5. The summed E-state index contributed by atoms with van der Waals surface area (Å²) in [5.74, 6) is 0.191. The third-order valence-electron chi connectivity index (χ3n) is 4.49. The van der Waals surface area contributed by atoms with Gasteiger partial charge in [0.2, 0.25) is 10.0 Å². The molecule has 122 valence electrons. The van der Waals surface area contributed by atoms with Gasteiger partial charge in [0.15, 0.2) is 0 Å². The average Bonchev–Trinajstić information content (AvgIpc) is 2.97. The van der Waals surface area contributed by atoms with E-state index in [0.717, 1.165) is 27.8 Å². The van der Waals surface area contributed by atoms with E-state index in [2.05, 4.69) is 15.9 Å². The fraction of sp³-hybridized carbons (Fsp3) is 0.294. The van der Waals surface area contributed by atoms with Crippen LogP contribution < -0.4 is 0 Å². The largest absolute Gasteiger partial charge is 0.506 e. The van der Waals surface area contributed by atoms with Crippen LogP contribution >= 0.6 is 15.9 Å². The van der Waals surface area contributed by atoms with Gasteiger partial charge in [-0.15, -0.1) is 0 Å². The highest BCUT2D eigenvalue weighted by atomic mass is 79.9. The van der Waals surface area contributed by atoms with E-state index >= 15 is 0 Å². The number of phenolic OH excluding ortho intramolecular Hbond substituents is 1. The lowest BCUT2D eigenvalue weighted by molar-refractivity contribution is 0.430. The number of phenols is 1. The van der Waals surface area contributed by atoms with Crippen molar-refractivity contribution in [2.45, 2.75) is 38.8 Å². The number of fused-ring (bicyclic) bond motifs is 1. The molecule has 0 aliphatic carbocycles. The molecule has 6 heteroatoms. The van der Waals surface area contributed by atoms with Crippen LogP contribution in [-0.2, 0) is 23.1 Å². The fourth-order valence-corrected chi connectivity index (χ4v) is 4.85. The molecule has 23 heavy (non-hydrogen) atoms. The molecule has 0 unspecified atom stereocenters. The number of benzene rings is 2. The minimum absolute atomic E-state index is 0.191. The first-order valence-electron chi connectivity index (χ1n) is 7.29. The number of aryl methyl sites for hydroxylation is 1. The molecule has 2 aromatic rings. The zero-order valence-electron chi connectivity index (χ0n) is 13.2. The first-order chi connectivity index (χ1) is 10.7. The van der Waals surface area contributed by atoms with Gasteiger partial charge in [-0.05, 0) is 71.1 Å². The third-order valence-corrected chi connectivity index (χ3v) is 7.27. The number of aromatic hydroxyl groups is 1. The highest BCUT2D eigenvalue weighted by Gasteiger charge is 2.34. The van der Waals surface area contributed by atoms with Gasteiger partial charge in [-0.25, -0.2) is 8.42 Å². The summed E-state index contributed by atoms with van der Waals surface area (Å²) in [4.78, 5) is 0.300. The molecule has 0 spiro atoms. The minimum Gasteiger partial charge on any atom is -0.506 e. The van der Waals surface area contributed by atoms with E-state index in [-0.39, 0.29) is 5.75 Å². The van der Waals surface area contributed by atoms with E-state index in [4.69, 9.17) is 0 Å². The predicted molar refractivity (Wildman–Crippen MR) is 92.9 cm³/mol. The minimum atomic E-state index is -3.55. The Bertz CT molecular complexity index is 852. The Hall–Kier alpha value is -1.37. The predicted octanol–water partition coefficient (Wildman–Crippen LogP) is 3.78. The summed E-state index contributed by atoms with van der Waals surface area (Å²) in [6.07, 6.45) is 0. The van der Waals surface area contributed by atoms with Crippen LogP contribution in [0.5, 0.6) is 5.75 Å². The maximum absolute atomic E-state index is 12.9. The summed E-state index contributed by atoms with van der Waals surface area (Å²) in [7, 11) is -3.55. The van der Waals surface area contributed by atoms with Gasteiger partial charge in [-0.2, -0.15) is 4.31 Å². The lowest BCUT2D eigenvalue weighted by atomic mass is 9.99. The van der Waals surface area contributed by atoms with Crippen molar-refractivity contribution in [2.24, 2.45) is 0 Å². The molecular weight excluding hydrogens is 378 g/mol. The smallest absolute Gasteiger partial charge is 0.243 e. The molecule has 1 aliphatic rings. The van der Waals surface area contributed by atoms with Crippen molar-refractivity contribution in [1.82, 2.24) is 4.31 Å². The summed E-state index contributed by atoms with van der Waals surface area (Å²) < 4.78 is 27.8. The molecule has 3 rings (SSSR count). The van der Waals surface area contributed by atoms with Crippen molar-refractivity contribution >= 4 is 26.0 Å². The Morgan fingerprint density at radius 2 is 1.52 bits per heavy atom. The summed E-state index contributed by atoms with van der Waals surface area (Å²) in [6.45, 7) is 6.26. The monoisotopic (exact) mass is 395 g/mol. The topological polar surface area (TPSA) is 57.6 Å². The highest BCUT2D eigenvalue weighted by molar-refractivity contribution is 9.10. The van der Waals surface area contributed by atoms with Gasteiger partial charge in [0.05, 0.1) is 9.37 Å². The van der Waals surface area contributed by atoms with E-state index in [1.807, 2.05) is 20.8 Å². The van der Waals surface area contributed by atoms with Crippen LogP contribution in [-0.4, -0.2) is 17.8 Å². The molecule has 0 saturated carbocycles. The fourth-order valence-electron chi connectivity index (χ4n) is 2.94. The third kappa shape index (κ3) is 2.58. The van der Waals surface area contributed by atoms with Gasteiger partial charge in [-0.1, -0.05) is 17.7 Å². The number of halogens is 1. The summed E-state index contributed by atoms with van der Waals surface area (Å²) in [5.41, 5.74) is 4.53. The van der Waals surface area contributed by atoms with E-state index in [9.17, 15) is 13.5 Å². The molecule has 0 radical (unpaired) electrons. The molecule has 1 heterocycles. The van der Waals surface area contributed by atoms with Gasteiger partial charge in [0.1, 0.15) is 5.75 Å². The van der Waals surface area contributed by atoms with Gasteiger partial charge in [0.25, 0.3) is 0 Å². The molecule has 0 aromatic heterocycles. The quantitative estimate of drug-likeness (QED) is 0.841. The lowest BCUT2D eigenvalue weighted by Crippen LogP contribution is -2.25. The molecule has 0 atom stereocenters. The Kier molecular flexibility index (Phi) is 4.02. The van der Waals surface area contributed by atoms with Crippen molar-refractivity contribution < 1.29 is 13.5 Å². The standard InChI is InChI=1S/C17H18BrNO3S/c1-10-4-6-13(7-5-10)23(21,22)19-8-14-11(2)16(18)17(20)12(3)15(14)9-19/h4-7,20H,8-9H2,1-3H3. The number of hydrogen-bond donors (Lipinski definition) is 1. The second-order valence-electron chi connectivity index (χ2n) is 5.96. The molecule has 0 saturated heterocycles. The second kappa shape index (κ2) is 5.61. The Morgan fingerprint density at radius 3 is 2.09 bits per heavy atom. The van der Waals surface area contributed by atoms with Crippen LogP contribution in [0.15, 0.2) is 33.6 Å². The van der Waals surface area contributed by atoms with Gasteiger partial charge in [-0.3, -0.25) is 0 Å². The van der Waals surface area contributed by atoms with Crippen LogP contribution in [0, 0.1) is 20.8 Å². The average molecular weight is 396 g/mol. The van der Waals surface area contributed by atoms with Crippen LogP contribution in [0.1, 0.15) is 27.8 Å². The number of hydrogen-bond acceptors (Lipinski definition) is 3. The molecule has 2 aromatic carbocycles. The lowest BCUT2D eigenvalue weighted by Gasteiger charge is -2.16. The molecule has 0 bridgehead atoms. The number of sulfonamides is 1.